The molecule has 1 aromatic heterocycles. The van der Waals surface area contributed by atoms with E-state index in [1.165, 1.54) is 19.3 Å². The van der Waals surface area contributed by atoms with Crippen LogP contribution >= 0.6 is 0 Å². The quantitative estimate of drug-likeness (QED) is 0.416. The van der Waals surface area contributed by atoms with E-state index in [1.54, 1.807) is 6.26 Å². The summed E-state index contributed by atoms with van der Waals surface area (Å²) in [6, 6.07) is 1.92. The van der Waals surface area contributed by atoms with Gasteiger partial charge in [-0.15, -0.1) is 0 Å². The first-order chi connectivity index (χ1) is 13.8. The molecule has 1 aliphatic heterocycles. The van der Waals surface area contributed by atoms with Gasteiger partial charge in [0.2, 0.25) is 5.91 Å². The number of aromatic nitrogens is 1. The Morgan fingerprint density at radius 3 is 2.68 bits per heavy atom. The highest BCUT2D eigenvalue weighted by Gasteiger charge is 2.21. The van der Waals surface area contributed by atoms with Gasteiger partial charge in [0, 0.05) is 57.8 Å². The Kier molecular flexibility index (Phi) is 8.14. The molecule has 0 atom stereocenters. The number of guanidine groups is 1. The van der Waals surface area contributed by atoms with Gasteiger partial charge in [0.15, 0.2) is 5.96 Å². The zero-order chi connectivity index (χ0) is 19.6. The van der Waals surface area contributed by atoms with E-state index < -0.39 is 0 Å². The van der Waals surface area contributed by atoms with Crippen LogP contribution in [0.25, 0.3) is 0 Å². The minimum atomic E-state index is 0.210. The first-order valence-corrected chi connectivity index (χ1v) is 10.7. The molecule has 0 bridgehead atoms. The SMILES string of the molecule is CCNC(=NCCNC(=O)C1CCCCC1)N1CCN(Cc2ccon2)CC1. The van der Waals surface area contributed by atoms with Crippen molar-refractivity contribution in [1.29, 1.82) is 0 Å². The van der Waals surface area contributed by atoms with Gasteiger partial charge in [-0.25, -0.2) is 0 Å². The van der Waals surface area contributed by atoms with E-state index in [1.807, 2.05) is 6.07 Å². The molecule has 2 aliphatic rings. The first kappa shape index (κ1) is 20.6. The third kappa shape index (κ3) is 6.22. The van der Waals surface area contributed by atoms with Crippen molar-refractivity contribution >= 4 is 11.9 Å². The standard InChI is InChI=1S/C20H34N6O2/c1-2-21-20(23-10-9-22-19(27)17-6-4-3-5-7-17)26-13-11-25(12-14-26)16-18-8-15-28-24-18/h8,15,17H,2-7,9-14,16H2,1H3,(H,21,23)(H,22,27). The number of amides is 1. The van der Waals surface area contributed by atoms with Crippen molar-refractivity contribution in [3.63, 3.8) is 0 Å². The number of nitrogens with one attached hydrogen (secondary N) is 2. The molecule has 1 aromatic rings. The van der Waals surface area contributed by atoms with Crippen LogP contribution in [-0.4, -0.2) is 72.6 Å². The van der Waals surface area contributed by atoms with Crippen molar-refractivity contribution in [1.82, 2.24) is 25.6 Å². The molecular weight excluding hydrogens is 356 g/mol. The Hall–Kier alpha value is -2.09. The number of hydrogen-bond acceptors (Lipinski definition) is 5. The molecule has 3 rings (SSSR count). The number of carbonyl (C=O) groups excluding carboxylic acids is 1. The van der Waals surface area contributed by atoms with Crippen LogP contribution in [0, 0.1) is 5.92 Å². The third-order valence-corrected chi connectivity index (χ3v) is 5.53. The van der Waals surface area contributed by atoms with Crippen LogP contribution < -0.4 is 10.6 Å². The van der Waals surface area contributed by atoms with Crippen molar-refractivity contribution in [2.24, 2.45) is 10.9 Å². The van der Waals surface area contributed by atoms with Gasteiger partial charge in [-0.05, 0) is 19.8 Å². The second-order valence-corrected chi connectivity index (χ2v) is 7.62. The minimum Gasteiger partial charge on any atom is -0.364 e. The molecule has 1 amide bonds. The molecule has 0 radical (unpaired) electrons. The summed E-state index contributed by atoms with van der Waals surface area (Å²) in [6.45, 7) is 8.76. The second-order valence-electron chi connectivity index (χ2n) is 7.62. The fourth-order valence-corrected chi connectivity index (χ4v) is 3.94. The highest BCUT2D eigenvalue weighted by atomic mass is 16.5. The monoisotopic (exact) mass is 390 g/mol. The highest BCUT2D eigenvalue weighted by molar-refractivity contribution is 5.80. The fourth-order valence-electron chi connectivity index (χ4n) is 3.94. The summed E-state index contributed by atoms with van der Waals surface area (Å²) < 4.78 is 4.91. The van der Waals surface area contributed by atoms with Gasteiger partial charge >= 0.3 is 0 Å². The van der Waals surface area contributed by atoms with Crippen LogP contribution in [-0.2, 0) is 11.3 Å². The lowest BCUT2D eigenvalue weighted by Gasteiger charge is -2.36. The summed E-state index contributed by atoms with van der Waals surface area (Å²) in [5.41, 5.74) is 0.975. The summed E-state index contributed by atoms with van der Waals surface area (Å²) >= 11 is 0. The van der Waals surface area contributed by atoms with Gasteiger partial charge in [-0.3, -0.25) is 14.7 Å². The maximum Gasteiger partial charge on any atom is 0.223 e. The molecule has 1 aliphatic carbocycles. The topological polar surface area (TPSA) is 86.0 Å². The van der Waals surface area contributed by atoms with E-state index >= 15 is 0 Å². The molecule has 28 heavy (non-hydrogen) atoms. The van der Waals surface area contributed by atoms with E-state index in [4.69, 9.17) is 9.52 Å². The number of rotatable bonds is 7. The molecule has 2 N–H and O–H groups in total. The van der Waals surface area contributed by atoms with Gasteiger partial charge in [0.1, 0.15) is 6.26 Å². The Morgan fingerprint density at radius 2 is 2.00 bits per heavy atom. The normalized spacial score (nSPS) is 19.6. The van der Waals surface area contributed by atoms with E-state index in [9.17, 15) is 4.79 Å². The number of hydrogen-bond donors (Lipinski definition) is 2. The predicted molar refractivity (Wildman–Crippen MR) is 109 cm³/mol. The maximum absolute atomic E-state index is 12.2. The van der Waals surface area contributed by atoms with Crippen LogP contribution in [0.15, 0.2) is 21.8 Å². The summed E-state index contributed by atoms with van der Waals surface area (Å²) in [5.74, 6) is 1.36. The van der Waals surface area contributed by atoms with Crippen molar-refractivity contribution in [3.05, 3.63) is 18.0 Å². The van der Waals surface area contributed by atoms with Crippen LogP contribution in [0.1, 0.15) is 44.7 Å². The van der Waals surface area contributed by atoms with Crippen LogP contribution in [0.2, 0.25) is 0 Å². The predicted octanol–water partition coefficient (Wildman–Crippen LogP) is 1.45. The van der Waals surface area contributed by atoms with E-state index in [-0.39, 0.29) is 11.8 Å². The summed E-state index contributed by atoms with van der Waals surface area (Å²) in [4.78, 5) is 21.6. The van der Waals surface area contributed by atoms with Crippen molar-refractivity contribution < 1.29 is 9.32 Å². The van der Waals surface area contributed by atoms with Crippen molar-refractivity contribution in [2.75, 3.05) is 45.8 Å². The molecule has 2 heterocycles. The number of aliphatic imine (C=N–C) groups is 1. The molecule has 0 unspecified atom stereocenters. The van der Waals surface area contributed by atoms with Crippen molar-refractivity contribution in [3.8, 4) is 0 Å². The van der Waals surface area contributed by atoms with Gasteiger partial charge in [-0.1, -0.05) is 24.4 Å². The lowest BCUT2D eigenvalue weighted by Crippen LogP contribution is -2.52. The fraction of sp³-hybridized carbons (Fsp3) is 0.750. The molecule has 156 valence electrons. The van der Waals surface area contributed by atoms with Crippen LogP contribution in [0.3, 0.4) is 0 Å². The zero-order valence-electron chi connectivity index (χ0n) is 17.0. The van der Waals surface area contributed by atoms with Gasteiger partial charge in [0.25, 0.3) is 0 Å². The average molecular weight is 391 g/mol. The molecule has 1 saturated carbocycles. The summed E-state index contributed by atoms with van der Waals surface area (Å²) in [6.07, 6.45) is 7.33. The lowest BCUT2D eigenvalue weighted by atomic mass is 9.89. The summed E-state index contributed by atoms with van der Waals surface area (Å²) in [5, 5.41) is 10.4. The number of nitrogens with zero attached hydrogens (tertiary/aromatic N) is 4. The van der Waals surface area contributed by atoms with Gasteiger partial charge < -0.3 is 20.1 Å². The van der Waals surface area contributed by atoms with Gasteiger partial charge in [-0.2, -0.15) is 0 Å². The number of carbonyl (C=O) groups is 1. The second kappa shape index (κ2) is 11.0. The lowest BCUT2D eigenvalue weighted by molar-refractivity contribution is -0.125. The Bertz CT molecular complexity index is 604. The summed E-state index contributed by atoms with van der Waals surface area (Å²) in [7, 11) is 0. The molecular formula is C20H34N6O2. The van der Waals surface area contributed by atoms with Gasteiger partial charge in [0.05, 0.1) is 12.2 Å². The Balaban J connectivity index is 1.40. The minimum absolute atomic E-state index is 0.210. The van der Waals surface area contributed by atoms with E-state index in [0.29, 0.717) is 13.1 Å². The molecule has 0 aromatic carbocycles. The smallest absolute Gasteiger partial charge is 0.223 e. The molecule has 2 fully saturated rings. The third-order valence-electron chi connectivity index (χ3n) is 5.53. The van der Waals surface area contributed by atoms with Crippen LogP contribution in [0.5, 0.6) is 0 Å². The molecule has 8 heteroatoms. The highest BCUT2D eigenvalue weighted by Crippen LogP contribution is 2.23. The molecule has 8 nitrogen and oxygen atoms in total. The Labute approximate surface area is 167 Å². The maximum atomic E-state index is 12.2. The largest absolute Gasteiger partial charge is 0.364 e. The van der Waals surface area contributed by atoms with E-state index in [2.05, 4.69) is 32.5 Å². The van der Waals surface area contributed by atoms with Crippen LogP contribution in [0.4, 0.5) is 0 Å². The van der Waals surface area contributed by atoms with E-state index in [0.717, 1.165) is 63.8 Å². The first-order valence-electron chi connectivity index (χ1n) is 10.7. The molecule has 1 saturated heterocycles. The zero-order valence-corrected chi connectivity index (χ0v) is 17.0. The number of piperazine rings is 1. The molecule has 0 spiro atoms. The van der Waals surface area contributed by atoms with Crippen molar-refractivity contribution in [2.45, 2.75) is 45.6 Å². The average Bonchev–Trinajstić information content (AvgIpc) is 3.24. The Morgan fingerprint density at radius 1 is 1.21 bits per heavy atom.